The van der Waals surface area contributed by atoms with Crippen LogP contribution in [0.25, 0.3) is 0 Å². The van der Waals surface area contributed by atoms with Crippen molar-refractivity contribution in [1.82, 2.24) is 4.90 Å². The summed E-state index contributed by atoms with van der Waals surface area (Å²) in [5.74, 6) is 1.38. The fourth-order valence-corrected chi connectivity index (χ4v) is 3.86. The fraction of sp³-hybridized carbons (Fsp3) is 0.941. The van der Waals surface area contributed by atoms with Crippen LogP contribution in [0, 0.1) is 17.3 Å². The van der Waals surface area contributed by atoms with E-state index in [9.17, 15) is 4.79 Å². The average molecular weight is 281 g/mol. The number of ketones is 1. The van der Waals surface area contributed by atoms with E-state index in [2.05, 4.69) is 39.6 Å². The van der Waals surface area contributed by atoms with Gasteiger partial charge in [0.15, 0.2) is 0 Å². The minimum Gasteiger partial charge on any atom is -0.377 e. The quantitative estimate of drug-likeness (QED) is 0.796. The molecule has 1 saturated heterocycles. The highest BCUT2D eigenvalue weighted by atomic mass is 16.5. The van der Waals surface area contributed by atoms with Gasteiger partial charge in [-0.25, -0.2) is 0 Å². The maximum Gasteiger partial charge on any atom is 0.137 e. The fourth-order valence-electron chi connectivity index (χ4n) is 3.86. The Hall–Kier alpha value is -0.410. The van der Waals surface area contributed by atoms with E-state index in [1.54, 1.807) is 0 Å². The molecule has 0 amide bonds. The molecule has 0 aromatic heterocycles. The number of carbonyl (C=O) groups excluding carboxylic acids is 1. The van der Waals surface area contributed by atoms with Crippen molar-refractivity contribution in [2.24, 2.45) is 17.3 Å². The van der Waals surface area contributed by atoms with Gasteiger partial charge >= 0.3 is 0 Å². The van der Waals surface area contributed by atoms with Gasteiger partial charge in [-0.1, -0.05) is 20.8 Å². The number of Topliss-reactive ketones (excluding diaryl/α,β-unsaturated/α-hetero) is 1. The minimum atomic E-state index is 0.228. The maximum absolute atomic E-state index is 12.2. The SMILES string of the molecule is CC1OCCC1N(C)CC1CC(C(C)(C)C)CCC1=O. The molecule has 0 spiro atoms. The number of ether oxygens (including phenoxy) is 1. The maximum atomic E-state index is 12.2. The van der Waals surface area contributed by atoms with E-state index >= 15 is 0 Å². The summed E-state index contributed by atoms with van der Waals surface area (Å²) in [4.78, 5) is 14.6. The number of carbonyl (C=O) groups is 1. The van der Waals surface area contributed by atoms with Gasteiger partial charge in [0.1, 0.15) is 5.78 Å². The molecule has 3 nitrogen and oxygen atoms in total. The molecule has 4 atom stereocenters. The number of nitrogens with zero attached hydrogens (tertiary/aromatic N) is 1. The van der Waals surface area contributed by atoms with Crippen LogP contribution in [0.5, 0.6) is 0 Å². The topological polar surface area (TPSA) is 29.5 Å². The molecule has 1 saturated carbocycles. The Kier molecular flexibility index (Phi) is 4.91. The van der Waals surface area contributed by atoms with Gasteiger partial charge in [0.2, 0.25) is 0 Å². The highest BCUT2D eigenvalue weighted by Gasteiger charge is 2.37. The monoisotopic (exact) mass is 281 g/mol. The second-order valence-electron chi connectivity index (χ2n) is 7.87. The molecule has 0 radical (unpaired) electrons. The Morgan fingerprint density at radius 3 is 2.55 bits per heavy atom. The predicted molar refractivity (Wildman–Crippen MR) is 81.7 cm³/mol. The molecule has 3 heteroatoms. The first-order valence-corrected chi connectivity index (χ1v) is 8.13. The van der Waals surface area contributed by atoms with Crippen molar-refractivity contribution in [1.29, 1.82) is 0 Å². The molecule has 2 fully saturated rings. The number of likely N-dealkylation sites (N-methyl/N-ethyl adjacent to an activating group) is 1. The van der Waals surface area contributed by atoms with E-state index in [1.165, 1.54) is 0 Å². The Labute approximate surface area is 124 Å². The molecule has 0 aromatic rings. The van der Waals surface area contributed by atoms with Crippen molar-refractivity contribution < 1.29 is 9.53 Å². The lowest BCUT2D eigenvalue weighted by molar-refractivity contribution is -0.127. The van der Waals surface area contributed by atoms with Gasteiger partial charge in [0, 0.05) is 31.5 Å². The number of hydrogen-bond acceptors (Lipinski definition) is 3. The smallest absolute Gasteiger partial charge is 0.137 e. The molecule has 116 valence electrons. The Morgan fingerprint density at radius 1 is 1.30 bits per heavy atom. The Bertz CT molecular complexity index is 347. The van der Waals surface area contributed by atoms with Crippen molar-refractivity contribution in [3.05, 3.63) is 0 Å². The highest BCUT2D eigenvalue weighted by molar-refractivity contribution is 5.82. The van der Waals surface area contributed by atoms with E-state index in [4.69, 9.17) is 4.74 Å². The molecular weight excluding hydrogens is 250 g/mol. The Morgan fingerprint density at radius 2 is 2.00 bits per heavy atom. The van der Waals surface area contributed by atoms with Gasteiger partial charge < -0.3 is 9.64 Å². The lowest BCUT2D eigenvalue weighted by Gasteiger charge is -2.39. The Balaban J connectivity index is 1.94. The first kappa shape index (κ1) is 16.0. The van der Waals surface area contributed by atoms with Gasteiger partial charge in [-0.3, -0.25) is 4.79 Å². The van der Waals surface area contributed by atoms with Crippen LogP contribution in [-0.2, 0) is 9.53 Å². The average Bonchev–Trinajstić information content (AvgIpc) is 2.77. The van der Waals surface area contributed by atoms with Crippen LogP contribution in [0.15, 0.2) is 0 Å². The molecule has 2 aliphatic rings. The second-order valence-corrected chi connectivity index (χ2v) is 7.87. The first-order valence-electron chi connectivity index (χ1n) is 8.13. The molecule has 20 heavy (non-hydrogen) atoms. The van der Waals surface area contributed by atoms with Gasteiger partial charge in [-0.2, -0.15) is 0 Å². The molecule has 4 unspecified atom stereocenters. The molecule has 1 aliphatic heterocycles. The van der Waals surface area contributed by atoms with Crippen LogP contribution in [0.3, 0.4) is 0 Å². The van der Waals surface area contributed by atoms with Gasteiger partial charge in [0.25, 0.3) is 0 Å². The predicted octanol–water partition coefficient (Wildman–Crippen LogP) is 3.13. The van der Waals surface area contributed by atoms with E-state index in [0.29, 0.717) is 29.3 Å². The molecule has 2 rings (SSSR count). The van der Waals surface area contributed by atoms with E-state index in [-0.39, 0.29) is 5.92 Å². The van der Waals surface area contributed by atoms with E-state index < -0.39 is 0 Å². The van der Waals surface area contributed by atoms with Crippen LogP contribution in [0.2, 0.25) is 0 Å². The normalized spacial score (nSPS) is 35.8. The van der Waals surface area contributed by atoms with Crippen LogP contribution in [-0.4, -0.2) is 43.0 Å². The third-order valence-electron chi connectivity index (χ3n) is 5.40. The lowest BCUT2D eigenvalue weighted by atomic mass is 9.68. The van der Waals surface area contributed by atoms with Gasteiger partial charge in [-0.15, -0.1) is 0 Å². The number of rotatable bonds is 3. The summed E-state index contributed by atoms with van der Waals surface area (Å²) in [6, 6.07) is 0.484. The molecule has 0 aromatic carbocycles. The highest BCUT2D eigenvalue weighted by Crippen LogP contribution is 2.39. The van der Waals surface area contributed by atoms with E-state index in [0.717, 1.165) is 38.8 Å². The second kappa shape index (κ2) is 6.15. The summed E-state index contributed by atoms with van der Waals surface area (Å²) in [7, 11) is 2.16. The third kappa shape index (κ3) is 3.62. The van der Waals surface area contributed by atoms with Crippen molar-refractivity contribution in [3.8, 4) is 0 Å². The van der Waals surface area contributed by atoms with Crippen LogP contribution >= 0.6 is 0 Å². The zero-order valence-electron chi connectivity index (χ0n) is 13.8. The van der Waals surface area contributed by atoms with Crippen molar-refractivity contribution in [3.63, 3.8) is 0 Å². The first-order chi connectivity index (χ1) is 9.29. The zero-order chi connectivity index (χ0) is 14.9. The van der Waals surface area contributed by atoms with Crippen molar-refractivity contribution >= 4 is 5.78 Å². The zero-order valence-corrected chi connectivity index (χ0v) is 13.8. The summed E-state index contributed by atoms with van der Waals surface area (Å²) < 4.78 is 5.65. The molecular formula is C17H31NO2. The largest absolute Gasteiger partial charge is 0.377 e. The van der Waals surface area contributed by atoms with E-state index in [1.807, 2.05) is 0 Å². The molecule has 0 N–H and O–H groups in total. The van der Waals surface area contributed by atoms with Crippen molar-refractivity contribution in [2.75, 3.05) is 20.2 Å². The summed E-state index contributed by atoms with van der Waals surface area (Å²) in [6.07, 6.45) is 4.32. The van der Waals surface area contributed by atoms with Gasteiger partial charge in [-0.05, 0) is 44.6 Å². The summed E-state index contributed by atoms with van der Waals surface area (Å²) >= 11 is 0. The number of hydrogen-bond donors (Lipinski definition) is 0. The molecule has 0 bridgehead atoms. The summed E-state index contributed by atoms with van der Waals surface area (Å²) in [5.41, 5.74) is 0.321. The summed E-state index contributed by atoms with van der Waals surface area (Å²) in [5, 5.41) is 0. The van der Waals surface area contributed by atoms with Gasteiger partial charge in [0.05, 0.1) is 6.10 Å². The van der Waals surface area contributed by atoms with Crippen molar-refractivity contribution in [2.45, 2.75) is 65.5 Å². The standard InChI is InChI=1S/C17H31NO2/c1-12-15(8-9-20-12)18(5)11-13-10-14(17(2,3)4)6-7-16(13)19/h12-15H,6-11H2,1-5H3. The van der Waals surface area contributed by atoms with Crippen LogP contribution in [0.1, 0.15) is 53.4 Å². The molecule has 1 heterocycles. The third-order valence-corrected chi connectivity index (χ3v) is 5.40. The van der Waals surface area contributed by atoms with Crippen LogP contribution in [0.4, 0.5) is 0 Å². The van der Waals surface area contributed by atoms with Crippen LogP contribution < -0.4 is 0 Å². The minimum absolute atomic E-state index is 0.228. The summed E-state index contributed by atoms with van der Waals surface area (Å²) in [6.45, 7) is 10.8. The lowest BCUT2D eigenvalue weighted by Crippen LogP contribution is -2.43. The molecule has 1 aliphatic carbocycles.